The second kappa shape index (κ2) is 5.31. The van der Waals surface area contributed by atoms with Gasteiger partial charge in [0.05, 0.1) is 12.8 Å². The predicted molar refractivity (Wildman–Crippen MR) is 64.3 cm³/mol. The van der Waals surface area contributed by atoms with Crippen molar-refractivity contribution in [3.05, 3.63) is 23.8 Å². The van der Waals surface area contributed by atoms with E-state index in [1.807, 2.05) is 13.8 Å². The number of rotatable bonds is 5. The summed E-state index contributed by atoms with van der Waals surface area (Å²) in [6.45, 7) is 4.23. The molecule has 3 N–H and O–H groups in total. The van der Waals surface area contributed by atoms with Crippen LogP contribution in [-0.2, 0) is 0 Å². The van der Waals surface area contributed by atoms with Crippen LogP contribution in [0, 0.1) is 11.6 Å². The lowest BCUT2D eigenvalue weighted by Crippen LogP contribution is -2.33. The maximum atomic E-state index is 13.6. The number of nitrogens with two attached hydrogens (primary N) is 1. The van der Waals surface area contributed by atoms with Crippen molar-refractivity contribution in [1.82, 2.24) is 0 Å². The van der Waals surface area contributed by atoms with Crippen LogP contribution >= 0.6 is 0 Å². The molecule has 0 saturated carbocycles. The lowest BCUT2D eigenvalue weighted by atomic mass is 10.0. The molecule has 0 heterocycles. The minimum absolute atomic E-state index is 0.107. The Bertz CT molecular complexity index is 394. The van der Waals surface area contributed by atoms with Gasteiger partial charge in [-0.05, 0) is 26.8 Å². The highest BCUT2D eigenvalue weighted by atomic mass is 19.1. The van der Waals surface area contributed by atoms with Gasteiger partial charge in [0.25, 0.3) is 0 Å². The van der Waals surface area contributed by atoms with Crippen LogP contribution in [0.1, 0.15) is 20.3 Å². The highest BCUT2D eigenvalue weighted by Crippen LogP contribution is 2.27. The molecule has 1 rings (SSSR count). The molecule has 3 nitrogen and oxygen atoms in total. The summed E-state index contributed by atoms with van der Waals surface area (Å²) in [6, 6.07) is 2.11. The van der Waals surface area contributed by atoms with E-state index in [9.17, 15) is 8.78 Å². The van der Waals surface area contributed by atoms with Gasteiger partial charge < -0.3 is 15.8 Å². The van der Waals surface area contributed by atoms with E-state index >= 15 is 0 Å². The van der Waals surface area contributed by atoms with Gasteiger partial charge in [-0.25, -0.2) is 8.78 Å². The molecule has 0 unspecified atom stereocenters. The molecule has 0 fully saturated rings. The van der Waals surface area contributed by atoms with Crippen LogP contribution in [0.5, 0.6) is 5.75 Å². The molecule has 0 bridgehead atoms. The average Bonchev–Trinajstić information content (AvgIpc) is 2.22. The van der Waals surface area contributed by atoms with Crippen molar-refractivity contribution in [3.63, 3.8) is 0 Å². The standard InChI is InChI=1S/C12H18F2N2O/c1-12(2,4-5-15)16-10-6-9(14)11(17-3)7-8(10)13/h6-7,16H,4-5,15H2,1-3H3. The van der Waals surface area contributed by atoms with Crippen molar-refractivity contribution in [2.45, 2.75) is 25.8 Å². The van der Waals surface area contributed by atoms with Crippen molar-refractivity contribution in [2.75, 3.05) is 19.0 Å². The molecule has 96 valence electrons. The highest BCUT2D eigenvalue weighted by Gasteiger charge is 2.19. The fourth-order valence-electron chi connectivity index (χ4n) is 1.57. The summed E-state index contributed by atoms with van der Waals surface area (Å²) in [6.07, 6.45) is 0.653. The number of hydrogen-bond acceptors (Lipinski definition) is 3. The first-order chi connectivity index (χ1) is 7.89. The Morgan fingerprint density at radius 1 is 1.29 bits per heavy atom. The number of benzene rings is 1. The van der Waals surface area contributed by atoms with Gasteiger partial charge in [0.1, 0.15) is 5.82 Å². The Labute approximate surface area is 100.0 Å². The maximum absolute atomic E-state index is 13.6. The second-order valence-corrected chi connectivity index (χ2v) is 4.51. The molecule has 0 aliphatic heterocycles. The fraction of sp³-hybridized carbons (Fsp3) is 0.500. The van der Waals surface area contributed by atoms with E-state index in [1.54, 1.807) is 0 Å². The molecule has 0 spiro atoms. The van der Waals surface area contributed by atoms with Crippen LogP contribution in [-0.4, -0.2) is 19.2 Å². The van der Waals surface area contributed by atoms with Crippen molar-refractivity contribution in [3.8, 4) is 5.75 Å². The van der Waals surface area contributed by atoms with Crippen molar-refractivity contribution in [1.29, 1.82) is 0 Å². The number of ether oxygens (including phenoxy) is 1. The lowest BCUT2D eigenvalue weighted by Gasteiger charge is -2.27. The molecule has 0 amide bonds. The third-order valence-electron chi connectivity index (χ3n) is 2.48. The van der Waals surface area contributed by atoms with Crippen LogP contribution in [0.15, 0.2) is 12.1 Å². The number of hydrogen-bond donors (Lipinski definition) is 2. The largest absolute Gasteiger partial charge is 0.494 e. The molecule has 0 aromatic heterocycles. The van der Waals surface area contributed by atoms with E-state index in [2.05, 4.69) is 5.32 Å². The molecule has 5 heteroatoms. The van der Waals surface area contributed by atoms with Gasteiger partial charge in [-0.3, -0.25) is 0 Å². The minimum Gasteiger partial charge on any atom is -0.494 e. The van der Waals surface area contributed by atoms with Gasteiger partial charge in [-0.1, -0.05) is 0 Å². The second-order valence-electron chi connectivity index (χ2n) is 4.51. The first-order valence-electron chi connectivity index (χ1n) is 5.41. The van der Waals surface area contributed by atoms with E-state index < -0.39 is 17.2 Å². The molecule has 0 aliphatic rings. The topological polar surface area (TPSA) is 47.3 Å². The zero-order valence-corrected chi connectivity index (χ0v) is 10.3. The zero-order chi connectivity index (χ0) is 13.1. The van der Waals surface area contributed by atoms with Crippen LogP contribution in [0.25, 0.3) is 0 Å². The van der Waals surface area contributed by atoms with Crippen LogP contribution in [0.3, 0.4) is 0 Å². The van der Waals surface area contributed by atoms with Gasteiger partial charge in [-0.2, -0.15) is 0 Å². The normalized spacial score (nSPS) is 11.4. The van der Waals surface area contributed by atoms with Crippen molar-refractivity contribution in [2.24, 2.45) is 5.73 Å². The summed E-state index contributed by atoms with van der Waals surface area (Å²) in [5.41, 5.74) is 5.17. The number of nitrogens with one attached hydrogen (secondary N) is 1. The van der Waals surface area contributed by atoms with Gasteiger partial charge >= 0.3 is 0 Å². The van der Waals surface area contributed by atoms with Crippen LogP contribution in [0.2, 0.25) is 0 Å². The summed E-state index contributed by atoms with van der Waals surface area (Å²) < 4.78 is 31.8. The summed E-state index contributed by atoms with van der Waals surface area (Å²) in [5.74, 6) is -1.25. The van der Waals surface area contributed by atoms with E-state index in [4.69, 9.17) is 10.5 Å². The summed E-state index contributed by atoms with van der Waals surface area (Å²) in [5, 5.41) is 2.93. The monoisotopic (exact) mass is 244 g/mol. The Kier molecular flexibility index (Phi) is 4.28. The Balaban J connectivity index is 2.96. The minimum atomic E-state index is -0.597. The van der Waals surface area contributed by atoms with Crippen LogP contribution in [0.4, 0.5) is 14.5 Å². The molecule has 0 aliphatic carbocycles. The molecule has 17 heavy (non-hydrogen) atoms. The molecule has 1 aromatic carbocycles. The summed E-state index contributed by atoms with van der Waals surface area (Å²) >= 11 is 0. The first-order valence-corrected chi connectivity index (χ1v) is 5.41. The highest BCUT2D eigenvalue weighted by molar-refractivity contribution is 5.50. The maximum Gasteiger partial charge on any atom is 0.167 e. The fourth-order valence-corrected chi connectivity index (χ4v) is 1.57. The average molecular weight is 244 g/mol. The number of halogens is 2. The summed E-state index contributed by atoms with van der Waals surface area (Å²) in [7, 11) is 1.29. The SMILES string of the molecule is COc1cc(F)c(NC(C)(C)CCN)cc1F. The smallest absolute Gasteiger partial charge is 0.167 e. The molecule has 0 saturated heterocycles. The van der Waals surface area contributed by atoms with E-state index in [0.29, 0.717) is 13.0 Å². The molecule has 0 atom stereocenters. The van der Waals surface area contributed by atoms with Crippen LogP contribution < -0.4 is 15.8 Å². The van der Waals surface area contributed by atoms with E-state index in [0.717, 1.165) is 12.1 Å². The predicted octanol–water partition coefficient (Wildman–Crippen LogP) is 2.51. The quantitative estimate of drug-likeness (QED) is 0.836. The van der Waals surface area contributed by atoms with Crippen molar-refractivity contribution < 1.29 is 13.5 Å². The summed E-state index contributed by atoms with van der Waals surface area (Å²) in [4.78, 5) is 0. The van der Waals surface area contributed by atoms with Gasteiger partial charge in [0.2, 0.25) is 0 Å². The lowest BCUT2D eigenvalue weighted by molar-refractivity contribution is 0.382. The molecule has 1 aromatic rings. The zero-order valence-electron chi connectivity index (χ0n) is 10.3. The third-order valence-corrected chi connectivity index (χ3v) is 2.48. The molecular weight excluding hydrogens is 226 g/mol. The third kappa shape index (κ3) is 3.56. The molecular formula is C12H18F2N2O. The Morgan fingerprint density at radius 3 is 2.47 bits per heavy atom. The van der Waals surface area contributed by atoms with Gasteiger partial charge in [0.15, 0.2) is 11.6 Å². The number of methoxy groups -OCH3 is 1. The van der Waals surface area contributed by atoms with Gasteiger partial charge in [-0.15, -0.1) is 0 Å². The van der Waals surface area contributed by atoms with E-state index in [-0.39, 0.29) is 11.4 Å². The number of anilines is 1. The van der Waals surface area contributed by atoms with E-state index in [1.165, 1.54) is 7.11 Å². The molecule has 0 radical (unpaired) electrons. The first kappa shape index (κ1) is 13.7. The Hall–Kier alpha value is -1.36. The Morgan fingerprint density at radius 2 is 1.94 bits per heavy atom. The van der Waals surface area contributed by atoms with Gasteiger partial charge in [0, 0.05) is 17.7 Å². The van der Waals surface area contributed by atoms with Crippen molar-refractivity contribution >= 4 is 5.69 Å².